The molecular weight excluding hydrogens is 154 g/mol. The van der Waals surface area contributed by atoms with Gasteiger partial charge >= 0.3 is 0 Å². The summed E-state index contributed by atoms with van der Waals surface area (Å²) in [6.45, 7) is 7.14. The van der Waals surface area contributed by atoms with Gasteiger partial charge in [0.15, 0.2) is 0 Å². The van der Waals surface area contributed by atoms with Crippen LogP contribution in [0.4, 0.5) is 0 Å². The summed E-state index contributed by atoms with van der Waals surface area (Å²) in [5.41, 5.74) is -0.623. The van der Waals surface area contributed by atoms with Crippen molar-refractivity contribution in [3.8, 4) is 0 Å². The van der Waals surface area contributed by atoms with Gasteiger partial charge in [-0.05, 0) is 27.8 Å². The SMILES string of the molecule is COC(C)CN(C)CC(C)(C)O. The van der Waals surface area contributed by atoms with Crippen LogP contribution in [-0.4, -0.2) is 49.0 Å². The molecule has 3 heteroatoms. The summed E-state index contributed by atoms with van der Waals surface area (Å²) in [5, 5.41) is 9.49. The number of rotatable bonds is 5. The third-order valence-corrected chi connectivity index (χ3v) is 1.63. The summed E-state index contributed by atoms with van der Waals surface area (Å²) in [6.07, 6.45) is 0.220. The van der Waals surface area contributed by atoms with Gasteiger partial charge in [0.25, 0.3) is 0 Å². The molecule has 0 spiro atoms. The first-order valence-corrected chi connectivity index (χ1v) is 4.29. The zero-order valence-corrected chi connectivity index (χ0v) is 8.79. The maximum atomic E-state index is 9.49. The van der Waals surface area contributed by atoms with E-state index in [2.05, 4.69) is 4.90 Å². The summed E-state index contributed by atoms with van der Waals surface area (Å²) < 4.78 is 5.11. The summed E-state index contributed by atoms with van der Waals surface area (Å²) in [4.78, 5) is 2.06. The lowest BCUT2D eigenvalue weighted by Crippen LogP contribution is -2.39. The van der Waals surface area contributed by atoms with Crippen molar-refractivity contribution >= 4 is 0 Å². The highest BCUT2D eigenvalue weighted by molar-refractivity contribution is 4.70. The second-order valence-electron chi connectivity index (χ2n) is 4.06. The molecule has 0 aromatic carbocycles. The number of nitrogens with zero attached hydrogens (tertiary/aromatic N) is 1. The minimum absolute atomic E-state index is 0.220. The second-order valence-corrected chi connectivity index (χ2v) is 4.06. The van der Waals surface area contributed by atoms with Gasteiger partial charge in [0.2, 0.25) is 0 Å². The molecule has 0 radical (unpaired) electrons. The molecule has 3 nitrogen and oxygen atoms in total. The number of hydrogen-bond acceptors (Lipinski definition) is 3. The fraction of sp³-hybridized carbons (Fsp3) is 1.00. The molecule has 0 aromatic heterocycles. The zero-order chi connectivity index (χ0) is 9.78. The highest BCUT2D eigenvalue weighted by Gasteiger charge is 2.16. The Labute approximate surface area is 75.3 Å². The van der Waals surface area contributed by atoms with Crippen LogP contribution in [0, 0.1) is 0 Å². The van der Waals surface area contributed by atoms with Crippen molar-refractivity contribution in [3.63, 3.8) is 0 Å². The van der Waals surface area contributed by atoms with Crippen molar-refractivity contribution in [3.05, 3.63) is 0 Å². The summed E-state index contributed by atoms with van der Waals surface area (Å²) in [7, 11) is 3.68. The van der Waals surface area contributed by atoms with E-state index in [0.29, 0.717) is 6.54 Å². The zero-order valence-electron chi connectivity index (χ0n) is 8.79. The number of likely N-dealkylation sites (N-methyl/N-ethyl adjacent to an activating group) is 1. The fourth-order valence-electron chi connectivity index (χ4n) is 1.24. The van der Waals surface area contributed by atoms with Crippen LogP contribution in [0.2, 0.25) is 0 Å². The average molecular weight is 175 g/mol. The molecule has 0 fully saturated rings. The fourth-order valence-corrected chi connectivity index (χ4v) is 1.24. The lowest BCUT2D eigenvalue weighted by molar-refractivity contribution is 0.0223. The minimum Gasteiger partial charge on any atom is -0.389 e. The van der Waals surface area contributed by atoms with Gasteiger partial charge in [-0.15, -0.1) is 0 Å². The number of hydrogen-bond donors (Lipinski definition) is 1. The van der Waals surface area contributed by atoms with Crippen molar-refractivity contribution in [2.75, 3.05) is 27.2 Å². The molecule has 1 N–H and O–H groups in total. The Morgan fingerprint density at radius 1 is 1.50 bits per heavy atom. The smallest absolute Gasteiger partial charge is 0.0718 e. The molecular formula is C9H21NO2. The quantitative estimate of drug-likeness (QED) is 0.668. The van der Waals surface area contributed by atoms with Gasteiger partial charge in [-0.1, -0.05) is 0 Å². The normalized spacial score (nSPS) is 15.2. The van der Waals surface area contributed by atoms with Gasteiger partial charge in [0, 0.05) is 20.2 Å². The maximum Gasteiger partial charge on any atom is 0.0718 e. The maximum absolute atomic E-state index is 9.49. The van der Waals surface area contributed by atoms with Crippen LogP contribution in [-0.2, 0) is 4.74 Å². The van der Waals surface area contributed by atoms with Gasteiger partial charge in [-0.3, -0.25) is 0 Å². The molecule has 0 rings (SSSR count). The minimum atomic E-state index is -0.623. The molecule has 74 valence electrons. The van der Waals surface area contributed by atoms with Crippen LogP contribution in [0.25, 0.3) is 0 Å². The summed E-state index contributed by atoms with van der Waals surface area (Å²) in [5.74, 6) is 0. The van der Waals surface area contributed by atoms with Gasteiger partial charge in [0.1, 0.15) is 0 Å². The van der Waals surface area contributed by atoms with E-state index in [9.17, 15) is 5.11 Å². The predicted molar refractivity (Wildman–Crippen MR) is 50.3 cm³/mol. The molecule has 0 aliphatic heterocycles. The van der Waals surface area contributed by atoms with Gasteiger partial charge in [-0.25, -0.2) is 0 Å². The Bertz CT molecular complexity index is 120. The first-order valence-electron chi connectivity index (χ1n) is 4.29. The summed E-state index contributed by atoms with van der Waals surface area (Å²) in [6, 6.07) is 0. The van der Waals surface area contributed by atoms with Crippen LogP contribution in [0.5, 0.6) is 0 Å². The average Bonchev–Trinajstić information content (AvgIpc) is 1.82. The van der Waals surface area contributed by atoms with Crippen LogP contribution >= 0.6 is 0 Å². The van der Waals surface area contributed by atoms with Crippen molar-refractivity contribution in [2.45, 2.75) is 32.5 Å². The van der Waals surface area contributed by atoms with Crippen molar-refractivity contribution in [2.24, 2.45) is 0 Å². The van der Waals surface area contributed by atoms with Crippen LogP contribution < -0.4 is 0 Å². The Balaban J connectivity index is 3.66. The Kier molecular flexibility index (Phi) is 4.75. The lowest BCUT2D eigenvalue weighted by atomic mass is 10.1. The van der Waals surface area contributed by atoms with Crippen LogP contribution in [0.3, 0.4) is 0 Å². The first-order chi connectivity index (χ1) is 5.35. The molecule has 1 atom stereocenters. The van der Waals surface area contributed by atoms with Gasteiger partial charge in [0.05, 0.1) is 11.7 Å². The first kappa shape index (κ1) is 11.9. The molecule has 12 heavy (non-hydrogen) atoms. The van der Waals surface area contributed by atoms with Crippen LogP contribution in [0.15, 0.2) is 0 Å². The highest BCUT2D eigenvalue weighted by Crippen LogP contribution is 2.03. The van der Waals surface area contributed by atoms with Crippen molar-refractivity contribution in [1.29, 1.82) is 0 Å². The topological polar surface area (TPSA) is 32.7 Å². The number of methoxy groups -OCH3 is 1. The van der Waals surface area contributed by atoms with E-state index in [1.807, 2.05) is 14.0 Å². The standard InChI is InChI=1S/C9H21NO2/c1-8(12-5)6-10(4)7-9(2,3)11/h8,11H,6-7H2,1-5H3. The molecule has 0 saturated heterocycles. The Hall–Kier alpha value is -0.120. The van der Waals surface area contributed by atoms with E-state index in [4.69, 9.17) is 4.74 Å². The number of aliphatic hydroxyl groups is 1. The lowest BCUT2D eigenvalue weighted by Gasteiger charge is -2.27. The highest BCUT2D eigenvalue weighted by atomic mass is 16.5. The molecule has 1 unspecified atom stereocenters. The van der Waals surface area contributed by atoms with E-state index in [1.165, 1.54) is 0 Å². The Morgan fingerprint density at radius 2 is 2.00 bits per heavy atom. The molecule has 0 saturated carbocycles. The van der Waals surface area contributed by atoms with E-state index in [1.54, 1.807) is 21.0 Å². The largest absolute Gasteiger partial charge is 0.389 e. The third-order valence-electron chi connectivity index (χ3n) is 1.63. The Morgan fingerprint density at radius 3 is 2.33 bits per heavy atom. The van der Waals surface area contributed by atoms with Gasteiger partial charge in [-0.2, -0.15) is 0 Å². The molecule has 0 heterocycles. The van der Waals surface area contributed by atoms with E-state index >= 15 is 0 Å². The summed E-state index contributed by atoms with van der Waals surface area (Å²) >= 11 is 0. The second kappa shape index (κ2) is 4.80. The predicted octanol–water partition coefficient (Wildman–Crippen LogP) is 0.724. The molecule has 0 aromatic rings. The molecule has 0 aliphatic carbocycles. The van der Waals surface area contributed by atoms with Crippen LogP contribution in [0.1, 0.15) is 20.8 Å². The number of ether oxygens (including phenoxy) is 1. The van der Waals surface area contributed by atoms with Gasteiger partial charge < -0.3 is 14.7 Å². The monoisotopic (exact) mass is 175 g/mol. The van der Waals surface area contributed by atoms with Crippen molar-refractivity contribution in [1.82, 2.24) is 4.90 Å². The molecule has 0 bridgehead atoms. The molecule has 0 amide bonds. The van der Waals surface area contributed by atoms with E-state index < -0.39 is 5.60 Å². The van der Waals surface area contributed by atoms with E-state index in [0.717, 1.165) is 6.54 Å². The third kappa shape index (κ3) is 6.58. The van der Waals surface area contributed by atoms with Crippen molar-refractivity contribution < 1.29 is 9.84 Å². The van der Waals surface area contributed by atoms with E-state index in [-0.39, 0.29) is 6.10 Å². The molecule has 0 aliphatic rings.